The zero-order valence-electron chi connectivity index (χ0n) is 15.3. The Morgan fingerprint density at radius 3 is 2.34 bits per heavy atom. The van der Waals surface area contributed by atoms with Crippen LogP contribution < -0.4 is 16.0 Å². The fourth-order valence-electron chi connectivity index (χ4n) is 2.91. The fraction of sp³-hybridized carbons (Fsp3) is 0.263. The highest BCUT2D eigenvalue weighted by Crippen LogP contribution is 2.20. The number of nitrogens with zero attached hydrogens (tertiary/aromatic N) is 3. The van der Waals surface area contributed by atoms with Crippen molar-refractivity contribution in [1.29, 1.82) is 0 Å². The molecule has 1 saturated heterocycles. The van der Waals surface area contributed by atoms with Gasteiger partial charge in [-0.3, -0.25) is 4.79 Å². The summed E-state index contributed by atoms with van der Waals surface area (Å²) in [6.07, 6.45) is 0. The van der Waals surface area contributed by atoms with E-state index in [4.69, 9.17) is 17.3 Å². The lowest BCUT2D eigenvalue weighted by Gasteiger charge is -2.36. The maximum Gasteiger partial charge on any atom is 0.246 e. The van der Waals surface area contributed by atoms with E-state index >= 15 is 0 Å². The van der Waals surface area contributed by atoms with Crippen LogP contribution in [-0.4, -0.2) is 49.5 Å². The van der Waals surface area contributed by atoms with Crippen molar-refractivity contribution in [2.45, 2.75) is 0 Å². The monoisotopic (exact) mass is 425 g/mol. The Kier molecular flexibility index (Phi) is 6.48. The summed E-state index contributed by atoms with van der Waals surface area (Å²) in [5.74, 6) is -4.96. The van der Waals surface area contributed by atoms with Crippen molar-refractivity contribution in [3.05, 3.63) is 58.9 Å². The quantitative estimate of drug-likeness (QED) is 0.449. The Morgan fingerprint density at radius 1 is 1.03 bits per heavy atom. The molecule has 1 fully saturated rings. The maximum atomic E-state index is 13.6. The number of hydrogen-bond acceptors (Lipinski definition) is 3. The third kappa shape index (κ3) is 5.11. The van der Waals surface area contributed by atoms with Crippen LogP contribution in [0.1, 0.15) is 0 Å². The summed E-state index contributed by atoms with van der Waals surface area (Å²) in [7, 11) is 0. The Morgan fingerprint density at radius 2 is 1.69 bits per heavy atom. The largest absolute Gasteiger partial charge is 0.370 e. The number of piperazine rings is 1. The first-order valence-corrected chi connectivity index (χ1v) is 9.21. The van der Waals surface area contributed by atoms with Gasteiger partial charge in [-0.25, -0.2) is 18.2 Å². The third-order valence-electron chi connectivity index (χ3n) is 4.49. The van der Waals surface area contributed by atoms with Crippen molar-refractivity contribution >= 4 is 34.8 Å². The number of nitrogens with one attached hydrogen (secondary N) is 1. The zero-order chi connectivity index (χ0) is 21.0. The second-order valence-electron chi connectivity index (χ2n) is 6.40. The highest BCUT2D eigenvalue weighted by atomic mass is 35.5. The Bertz CT molecular complexity index is 915. The molecule has 0 radical (unpaired) electrons. The normalized spacial score (nSPS) is 14.8. The van der Waals surface area contributed by atoms with E-state index in [0.29, 0.717) is 31.2 Å². The van der Waals surface area contributed by atoms with Gasteiger partial charge in [-0.15, -0.1) is 0 Å². The molecule has 0 aromatic heterocycles. The van der Waals surface area contributed by atoms with Crippen molar-refractivity contribution < 1.29 is 18.0 Å². The SMILES string of the molecule is NC(=NCC(=O)Nc1ccc(F)c(F)c1F)N1CCN(c2ccc(Cl)cc2)CC1. The molecule has 10 heteroatoms. The summed E-state index contributed by atoms with van der Waals surface area (Å²) < 4.78 is 39.7. The lowest BCUT2D eigenvalue weighted by Crippen LogP contribution is -2.51. The number of halogens is 4. The molecule has 1 aliphatic heterocycles. The molecule has 1 heterocycles. The summed E-state index contributed by atoms with van der Waals surface area (Å²) in [5.41, 5.74) is 6.54. The standard InChI is InChI=1S/C19H19ClF3N5O/c20-12-1-3-13(4-2-12)27-7-9-28(10-8-27)19(24)25-11-16(29)26-15-6-5-14(21)17(22)18(15)23/h1-6H,7-11H2,(H2,24,25)(H,26,29). The van der Waals surface area contributed by atoms with E-state index in [2.05, 4.69) is 15.2 Å². The number of amides is 1. The molecule has 0 spiro atoms. The average Bonchev–Trinajstić information content (AvgIpc) is 2.73. The lowest BCUT2D eigenvalue weighted by molar-refractivity contribution is -0.114. The molecule has 1 amide bonds. The molecule has 6 nitrogen and oxygen atoms in total. The van der Waals surface area contributed by atoms with Gasteiger partial charge in [-0.2, -0.15) is 0 Å². The van der Waals surface area contributed by atoms with E-state index in [-0.39, 0.29) is 12.5 Å². The fourth-order valence-corrected chi connectivity index (χ4v) is 3.04. The predicted octanol–water partition coefficient (Wildman–Crippen LogP) is 2.83. The average molecular weight is 426 g/mol. The van der Waals surface area contributed by atoms with E-state index in [0.717, 1.165) is 17.8 Å². The number of rotatable bonds is 4. The van der Waals surface area contributed by atoms with Crippen LogP contribution in [0.2, 0.25) is 5.02 Å². The minimum absolute atomic E-state index is 0.182. The lowest BCUT2D eigenvalue weighted by atomic mass is 10.2. The predicted molar refractivity (Wildman–Crippen MR) is 107 cm³/mol. The molecule has 3 rings (SSSR count). The molecular formula is C19H19ClF3N5O. The molecule has 0 aliphatic carbocycles. The molecule has 29 heavy (non-hydrogen) atoms. The first-order valence-electron chi connectivity index (χ1n) is 8.84. The number of hydrogen-bond donors (Lipinski definition) is 2. The van der Waals surface area contributed by atoms with Crippen LogP contribution in [-0.2, 0) is 4.79 Å². The third-order valence-corrected chi connectivity index (χ3v) is 4.74. The van der Waals surface area contributed by atoms with Gasteiger partial charge in [0.15, 0.2) is 23.4 Å². The summed E-state index contributed by atoms with van der Waals surface area (Å²) in [5, 5.41) is 2.82. The van der Waals surface area contributed by atoms with E-state index < -0.39 is 29.0 Å². The van der Waals surface area contributed by atoms with Crippen molar-refractivity contribution in [2.24, 2.45) is 10.7 Å². The van der Waals surface area contributed by atoms with Crippen LogP contribution in [0.3, 0.4) is 0 Å². The molecule has 0 saturated carbocycles. The molecule has 154 valence electrons. The molecule has 3 N–H and O–H groups in total. The first kappa shape index (κ1) is 20.8. The molecule has 0 bridgehead atoms. The van der Waals surface area contributed by atoms with Gasteiger partial charge in [0.25, 0.3) is 0 Å². The van der Waals surface area contributed by atoms with Crippen LogP contribution in [0.5, 0.6) is 0 Å². The maximum absolute atomic E-state index is 13.6. The zero-order valence-corrected chi connectivity index (χ0v) is 16.1. The summed E-state index contributed by atoms with van der Waals surface area (Å²) in [4.78, 5) is 19.9. The number of carbonyl (C=O) groups excluding carboxylic acids is 1. The van der Waals surface area contributed by atoms with Crippen molar-refractivity contribution in [3.8, 4) is 0 Å². The molecule has 2 aromatic carbocycles. The number of carbonyl (C=O) groups is 1. The van der Waals surface area contributed by atoms with Crippen LogP contribution >= 0.6 is 11.6 Å². The van der Waals surface area contributed by atoms with E-state index in [1.165, 1.54) is 0 Å². The Balaban J connectivity index is 1.52. The van der Waals surface area contributed by atoms with Gasteiger partial charge in [-0.05, 0) is 36.4 Å². The number of anilines is 2. The van der Waals surface area contributed by atoms with Gasteiger partial charge >= 0.3 is 0 Å². The summed E-state index contributed by atoms with van der Waals surface area (Å²) in [6.45, 7) is 2.27. The summed E-state index contributed by atoms with van der Waals surface area (Å²) >= 11 is 5.90. The van der Waals surface area contributed by atoms with Gasteiger partial charge in [0, 0.05) is 36.9 Å². The number of nitrogens with two attached hydrogens (primary N) is 1. The van der Waals surface area contributed by atoms with Crippen molar-refractivity contribution in [1.82, 2.24) is 4.90 Å². The second kappa shape index (κ2) is 9.04. The van der Waals surface area contributed by atoms with Gasteiger partial charge in [0.2, 0.25) is 5.91 Å². The van der Waals surface area contributed by atoms with Crippen molar-refractivity contribution in [2.75, 3.05) is 42.9 Å². The Hall–Kier alpha value is -2.94. The van der Waals surface area contributed by atoms with Gasteiger partial charge in [0.05, 0.1) is 5.69 Å². The topological polar surface area (TPSA) is 74.0 Å². The number of aliphatic imine (C=N–C) groups is 1. The van der Waals surface area contributed by atoms with Crippen LogP contribution in [0, 0.1) is 17.5 Å². The minimum Gasteiger partial charge on any atom is -0.370 e. The van der Waals surface area contributed by atoms with Crippen LogP contribution in [0.15, 0.2) is 41.4 Å². The smallest absolute Gasteiger partial charge is 0.246 e. The van der Waals surface area contributed by atoms with Gasteiger partial charge in [-0.1, -0.05) is 11.6 Å². The number of guanidine groups is 1. The van der Waals surface area contributed by atoms with Crippen LogP contribution in [0.25, 0.3) is 0 Å². The van der Waals surface area contributed by atoms with E-state index in [1.807, 2.05) is 29.2 Å². The van der Waals surface area contributed by atoms with Gasteiger partial charge in [0.1, 0.15) is 6.54 Å². The second-order valence-corrected chi connectivity index (χ2v) is 6.83. The molecular weight excluding hydrogens is 407 g/mol. The van der Waals surface area contributed by atoms with Crippen LogP contribution in [0.4, 0.5) is 24.5 Å². The first-order chi connectivity index (χ1) is 13.8. The van der Waals surface area contributed by atoms with Crippen molar-refractivity contribution in [3.63, 3.8) is 0 Å². The highest BCUT2D eigenvalue weighted by molar-refractivity contribution is 6.30. The molecule has 2 aromatic rings. The summed E-state index contributed by atoms with van der Waals surface area (Å²) in [6, 6.07) is 9.20. The highest BCUT2D eigenvalue weighted by Gasteiger charge is 2.19. The number of benzene rings is 2. The van der Waals surface area contributed by atoms with Gasteiger partial charge < -0.3 is 20.9 Å². The minimum atomic E-state index is -1.65. The van der Waals surface area contributed by atoms with E-state index in [1.54, 1.807) is 0 Å². The Labute approximate surface area is 170 Å². The van der Waals surface area contributed by atoms with E-state index in [9.17, 15) is 18.0 Å². The molecule has 1 aliphatic rings. The molecule has 0 atom stereocenters. The molecule has 0 unspecified atom stereocenters.